The molecule has 3 N–H and O–H groups in total. The first-order valence-electron chi connectivity index (χ1n) is 6.39. The van der Waals surface area contributed by atoms with E-state index < -0.39 is 24.0 Å². The largest absolute Gasteiger partial charge is 0.481 e. The van der Waals surface area contributed by atoms with E-state index in [1.807, 2.05) is 13.8 Å². The van der Waals surface area contributed by atoms with Crippen LogP contribution >= 0.6 is 0 Å². The molecule has 1 aliphatic heterocycles. The normalized spacial score (nSPS) is 24.8. The summed E-state index contributed by atoms with van der Waals surface area (Å²) in [5, 5.41) is 9.13. The number of aliphatic carboxylic acids is 1. The lowest BCUT2D eigenvalue weighted by molar-refractivity contribution is -0.145. The summed E-state index contributed by atoms with van der Waals surface area (Å²) in [5.41, 5.74) is 5.76. The van der Waals surface area contributed by atoms with Crippen LogP contribution in [0.2, 0.25) is 0 Å². The maximum atomic E-state index is 12.2. The molecular formula is C12H22N2O4. The number of hydrogen-bond donors (Lipinski definition) is 2. The van der Waals surface area contributed by atoms with Crippen LogP contribution in [0, 0.1) is 5.92 Å². The Morgan fingerprint density at radius 2 is 2.11 bits per heavy atom. The molecule has 0 spiro atoms. The van der Waals surface area contributed by atoms with Gasteiger partial charge < -0.3 is 20.5 Å². The third-order valence-electron chi connectivity index (χ3n) is 3.27. The molecule has 0 radical (unpaired) electrons. The van der Waals surface area contributed by atoms with Crippen molar-refractivity contribution in [1.29, 1.82) is 0 Å². The molecule has 0 aromatic carbocycles. The smallest absolute Gasteiger partial charge is 0.311 e. The molecule has 1 rings (SSSR count). The predicted octanol–water partition coefficient (Wildman–Crippen LogP) is 0.0619. The first-order valence-corrected chi connectivity index (χ1v) is 6.39. The Balaban J connectivity index is 2.83. The van der Waals surface area contributed by atoms with Crippen LogP contribution in [-0.4, -0.2) is 53.7 Å². The lowest BCUT2D eigenvalue weighted by atomic mass is 10.0. The predicted molar refractivity (Wildman–Crippen MR) is 66.0 cm³/mol. The van der Waals surface area contributed by atoms with E-state index in [-0.39, 0.29) is 19.1 Å². The van der Waals surface area contributed by atoms with Crippen molar-refractivity contribution in [2.24, 2.45) is 11.7 Å². The van der Waals surface area contributed by atoms with Gasteiger partial charge in [-0.25, -0.2) is 0 Å². The third-order valence-corrected chi connectivity index (χ3v) is 3.27. The molecule has 1 heterocycles. The van der Waals surface area contributed by atoms with E-state index in [1.54, 1.807) is 4.90 Å². The molecule has 1 amide bonds. The highest BCUT2D eigenvalue weighted by molar-refractivity contribution is 5.83. The minimum atomic E-state index is -0.920. The highest BCUT2D eigenvalue weighted by Crippen LogP contribution is 2.21. The van der Waals surface area contributed by atoms with Gasteiger partial charge in [0.1, 0.15) is 5.92 Å². The molecule has 0 saturated carbocycles. The van der Waals surface area contributed by atoms with Gasteiger partial charge in [0.05, 0.1) is 25.3 Å². The van der Waals surface area contributed by atoms with Crippen LogP contribution in [0.5, 0.6) is 0 Å². The van der Waals surface area contributed by atoms with Crippen molar-refractivity contribution in [2.75, 3.05) is 19.8 Å². The van der Waals surface area contributed by atoms with Gasteiger partial charge in [0.2, 0.25) is 5.91 Å². The Morgan fingerprint density at radius 3 is 2.61 bits per heavy atom. The number of carboxylic acids is 1. The molecule has 18 heavy (non-hydrogen) atoms. The molecule has 1 fully saturated rings. The second kappa shape index (κ2) is 6.70. The highest BCUT2D eigenvalue weighted by atomic mass is 16.5. The van der Waals surface area contributed by atoms with Gasteiger partial charge in [-0.05, 0) is 12.8 Å². The van der Waals surface area contributed by atoms with Crippen LogP contribution in [0.1, 0.15) is 26.7 Å². The fraction of sp³-hybridized carbons (Fsp3) is 0.833. The molecular weight excluding hydrogens is 236 g/mol. The van der Waals surface area contributed by atoms with E-state index in [4.69, 9.17) is 15.6 Å². The zero-order valence-electron chi connectivity index (χ0n) is 11.0. The molecule has 104 valence electrons. The van der Waals surface area contributed by atoms with Gasteiger partial charge in [0.15, 0.2) is 0 Å². The van der Waals surface area contributed by atoms with Crippen molar-refractivity contribution < 1.29 is 19.4 Å². The number of nitrogens with zero attached hydrogens (tertiary/aromatic N) is 1. The van der Waals surface area contributed by atoms with Crippen molar-refractivity contribution in [2.45, 2.75) is 38.8 Å². The summed E-state index contributed by atoms with van der Waals surface area (Å²) in [6.07, 6.45) is 1.31. The summed E-state index contributed by atoms with van der Waals surface area (Å²) < 4.78 is 5.21. The van der Waals surface area contributed by atoms with Gasteiger partial charge in [-0.2, -0.15) is 0 Å². The Kier molecular flexibility index (Phi) is 5.55. The monoisotopic (exact) mass is 258 g/mol. The van der Waals surface area contributed by atoms with E-state index in [2.05, 4.69) is 0 Å². The number of ether oxygens (including phenoxy) is 1. The highest BCUT2D eigenvalue weighted by Gasteiger charge is 2.40. The molecule has 1 aliphatic rings. The SMILES string of the molecule is CCCN(C(=O)[C@H](N)CC)C1COCC1C(=O)O. The Bertz CT molecular complexity index is 308. The fourth-order valence-corrected chi connectivity index (χ4v) is 2.15. The average Bonchev–Trinajstić information content (AvgIpc) is 2.83. The second-order valence-corrected chi connectivity index (χ2v) is 4.60. The first-order chi connectivity index (χ1) is 8.52. The number of hydrogen-bond acceptors (Lipinski definition) is 4. The number of carbonyl (C=O) groups is 2. The van der Waals surface area contributed by atoms with Crippen molar-refractivity contribution in [3.8, 4) is 0 Å². The van der Waals surface area contributed by atoms with Gasteiger partial charge in [0.25, 0.3) is 0 Å². The third kappa shape index (κ3) is 3.20. The van der Waals surface area contributed by atoms with Gasteiger partial charge in [-0.15, -0.1) is 0 Å². The topological polar surface area (TPSA) is 92.9 Å². The zero-order valence-corrected chi connectivity index (χ0v) is 11.0. The molecule has 6 nitrogen and oxygen atoms in total. The molecule has 0 bridgehead atoms. The fourth-order valence-electron chi connectivity index (χ4n) is 2.15. The summed E-state index contributed by atoms with van der Waals surface area (Å²) in [5.74, 6) is -1.75. The molecule has 0 aromatic rings. The van der Waals surface area contributed by atoms with Crippen LogP contribution in [0.15, 0.2) is 0 Å². The number of carbonyl (C=O) groups excluding carboxylic acids is 1. The van der Waals surface area contributed by atoms with Gasteiger partial charge in [-0.3, -0.25) is 9.59 Å². The van der Waals surface area contributed by atoms with Gasteiger partial charge in [-0.1, -0.05) is 13.8 Å². The van der Waals surface area contributed by atoms with E-state index in [9.17, 15) is 9.59 Å². The molecule has 2 unspecified atom stereocenters. The summed E-state index contributed by atoms with van der Waals surface area (Å²) in [6, 6.07) is -0.959. The van der Waals surface area contributed by atoms with Crippen molar-refractivity contribution in [1.82, 2.24) is 4.90 Å². The summed E-state index contributed by atoms with van der Waals surface area (Å²) in [4.78, 5) is 24.9. The molecule has 0 aliphatic carbocycles. The van der Waals surface area contributed by atoms with Gasteiger partial charge in [0, 0.05) is 6.54 Å². The standard InChI is InChI=1S/C12H22N2O4/c1-3-5-14(11(15)9(13)4-2)10-7-18-6-8(10)12(16)17/h8-10H,3-7,13H2,1-2H3,(H,16,17)/t8?,9-,10?/m1/s1. The van der Waals surface area contributed by atoms with Gasteiger partial charge >= 0.3 is 5.97 Å². The van der Waals surface area contributed by atoms with Crippen LogP contribution in [0.3, 0.4) is 0 Å². The van der Waals surface area contributed by atoms with E-state index in [0.29, 0.717) is 13.0 Å². The number of nitrogens with two attached hydrogens (primary N) is 1. The number of carboxylic acid groups (broad SMARTS) is 1. The second-order valence-electron chi connectivity index (χ2n) is 4.60. The van der Waals surface area contributed by atoms with Crippen LogP contribution < -0.4 is 5.73 Å². The number of amides is 1. The molecule has 0 aromatic heterocycles. The molecule has 6 heteroatoms. The quantitative estimate of drug-likeness (QED) is 0.703. The van der Waals surface area contributed by atoms with E-state index >= 15 is 0 Å². The maximum absolute atomic E-state index is 12.2. The van der Waals surface area contributed by atoms with E-state index in [1.165, 1.54) is 0 Å². The van der Waals surface area contributed by atoms with E-state index in [0.717, 1.165) is 6.42 Å². The molecule has 1 saturated heterocycles. The maximum Gasteiger partial charge on any atom is 0.311 e. The number of rotatable bonds is 6. The Labute approximate surface area is 107 Å². The van der Waals surface area contributed by atoms with Crippen LogP contribution in [0.4, 0.5) is 0 Å². The lowest BCUT2D eigenvalue weighted by Gasteiger charge is -2.32. The van der Waals surface area contributed by atoms with Crippen molar-refractivity contribution in [3.05, 3.63) is 0 Å². The minimum absolute atomic E-state index is 0.162. The molecule has 3 atom stereocenters. The summed E-state index contributed by atoms with van der Waals surface area (Å²) in [7, 11) is 0. The average molecular weight is 258 g/mol. The van der Waals surface area contributed by atoms with Crippen molar-refractivity contribution in [3.63, 3.8) is 0 Å². The van der Waals surface area contributed by atoms with Crippen LogP contribution in [-0.2, 0) is 14.3 Å². The van der Waals surface area contributed by atoms with Crippen molar-refractivity contribution >= 4 is 11.9 Å². The Hall–Kier alpha value is -1.14. The van der Waals surface area contributed by atoms with Crippen LogP contribution in [0.25, 0.3) is 0 Å². The lowest BCUT2D eigenvalue weighted by Crippen LogP contribution is -2.52. The summed E-state index contributed by atoms with van der Waals surface area (Å²) >= 11 is 0. The minimum Gasteiger partial charge on any atom is -0.481 e. The summed E-state index contributed by atoms with van der Waals surface area (Å²) in [6.45, 7) is 4.74. The Morgan fingerprint density at radius 1 is 1.44 bits per heavy atom. The first kappa shape index (κ1) is 14.9. The zero-order chi connectivity index (χ0) is 13.7.